The fourth-order valence-corrected chi connectivity index (χ4v) is 4.56. The Morgan fingerprint density at radius 1 is 1.00 bits per heavy atom. The summed E-state index contributed by atoms with van der Waals surface area (Å²) in [5, 5.41) is 3.09. The van der Waals surface area contributed by atoms with E-state index in [4.69, 9.17) is 23.2 Å². The lowest BCUT2D eigenvalue weighted by Gasteiger charge is -2.20. The monoisotopic (exact) mass is 466 g/mol. The van der Waals surface area contributed by atoms with E-state index in [0.29, 0.717) is 22.0 Å². The fraction of sp³-hybridized carbons (Fsp3) is 0.0952. The van der Waals surface area contributed by atoms with Crippen LogP contribution in [0.3, 0.4) is 0 Å². The summed E-state index contributed by atoms with van der Waals surface area (Å²) in [6.07, 6.45) is 0. The molecule has 3 rings (SSSR count). The largest absolute Gasteiger partial charge is 0.322 e. The molecule has 0 unspecified atom stereocenters. The van der Waals surface area contributed by atoms with Gasteiger partial charge in [-0.15, -0.1) is 0 Å². The van der Waals surface area contributed by atoms with Gasteiger partial charge in [0.1, 0.15) is 10.7 Å². The summed E-state index contributed by atoms with van der Waals surface area (Å²) in [7, 11) is -2.67. The Morgan fingerprint density at radius 2 is 1.67 bits per heavy atom. The highest BCUT2D eigenvalue weighted by Crippen LogP contribution is 2.29. The molecule has 0 atom stereocenters. The molecule has 1 amide bonds. The van der Waals surface area contributed by atoms with Crippen molar-refractivity contribution in [2.45, 2.75) is 11.8 Å². The van der Waals surface area contributed by atoms with E-state index in [0.717, 1.165) is 4.31 Å². The summed E-state index contributed by atoms with van der Waals surface area (Å²) in [6, 6.07) is 14.2. The molecule has 0 radical (unpaired) electrons. The zero-order valence-electron chi connectivity index (χ0n) is 16.0. The molecule has 0 bridgehead atoms. The van der Waals surface area contributed by atoms with Gasteiger partial charge >= 0.3 is 0 Å². The molecular formula is C21H17Cl2FN2O3S. The molecule has 0 aliphatic carbocycles. The van der Waals surface area contributed by atoms with Crippen molar-refractivity contribution in [1.29, 1.82) is 0 Å². The van der Waals surface area contributed by atoms with Crippen molar-refractivity contribution in [3.05, 3.63) is 87.7 Å². The molecule has 156 valence electrons. The van der Waals surface area contributed by atoms with Gasteiger partial charge in [-0.25, -0.2) is 12.8 Å². The molecule has 1 N–H and O–H groups in total. The standard InChI is InChI=1S/C21H17Cl2FN2O3S/c1-13-11-16(24)6-10-19(13)25-21(27)14-3-9-18(23)20(12-14)30(28,29)26(2)17-7-4-15(22)5-8-17/h3-12H,1-2H3,(H,25,27). The molecule has 0 saturated heterocycles. The zero-order chi connectivity index (χ0) is 22.1. The molecule has 3 aromatic rings. The highest BCUT2D eigenvalue weighted by atomic mass is 35.5. The van der Waals surface area contributed by atoms with Crippen LogP contribution in [0.4, 0.5) is 15.8 Å². The predicted molar refractivity (Wildman–Crippen MR) is 118 cm³/mol. The maximum Gasteiger partial charge on any atom is 0.265 e. The van der Waals surface area contributed by atoms with E-state index in [1.165, 1.54) is 43.4 Å². The van der Waals surface area contributed by atoms with Crippen LogP contribution in [-0.2, 0) is 10.0 Å². The minimum Gasteiger partial charge on any atom is -0.322 e. The molecular weight excluding hydrogens is 450 g/mol. The van der Waals surface area contributed by atoms with Gasteiger partial charge in [-0.2, -0.15) is 0 Å². The van der Waals surface area contributed by atoms with Crippen molar-refractivity contribution < 1.29 is 17.6 Å². The number of benzene rings is 3. The Balaban J connectivity index is 1.94. The number of carbonyl (C=O) groups is 1. The third-order valence-electron chi connectivity index (χ3n) is 4.46. The van der Waals surface area contributed by atoms with Crippen LogP contribution in [0.2, 0.25) is 10.0 Å². The number of nitrogens with zero attached hydrogens (tertiary/aromatic N) is 1. The summed E-state index contributed by atoms with van der Waals surface area (Å²) >= 11 is 12.0. The average Bonchev–Trinajstić information content (AvgIpc) is 2.70. The van der Waals surface area contributed by atoms with Crippen LogP contribution in [0.15, 0.2) is 65.6 Å². The Labute approximate surface area is 184 Å². The van der Waals surface area contributed by atoms with Gasteiger partial charge in [-0.05, 0) is 73.2 Å². The van der Waals surface area contributed by atoms with Gasteiger partial charge in [0.15, 0.2) is 0 Å². The van der Waals surface area contributed by atoms with Crippen molar-refractivity contribution in [2.75, 3.05) is 16.7 Å². The molecule has 0 fully saturated rings. The zero-order valence-corrected chi connectivity index (χ0v) is 18.3. The maximum absolute atomic E-state index is 13.3. The molecule has 3 aromatic carbocycles. The van der Waals surface area contributed by atoms with Crippen LogP contribution in [-0.4, -0.2) is 21.4 Å². The Hall–Kier alpha value is -2.61. The van der Waals surface area contributed by atoms with E-state index < -0.39 is 21.7 Å². The van der Waals surface area contributed by atoms with Gasteiger partial charge in [-0.1, -0.05) is 23.2 Å². The maximum atomic E-state index is 13.3. The van der Waals surface area contributed by atoms with Crippen LogP contribution >= 0.6 is 23.2 Å². The molecule has 30 heavy (non-hydrogen) atoms. The summed E-state index contributed by atoms with van der Waals surface area (Å²) in [6.45, 7) is 1.65. The Bertz CT molecular complexity index is 1220. The average molecular weight is 467 g/mol. The lowest BCUT2D eigenvalue weighted by Crippen LogP contribution is -2.27. The smallest absolute Gasteiger partial charge is 0.265 e. The Morgan fingerprint density at radius 3 is 2.30 bits per heavy atom. The number of hydrogen-bond acceptors (Lipinski definition) is 3. The molecule has 0 heterocycles. The first kappa shape index (κ1) is 22.1. The van der Waals surface area contributed by atoms with Crippen LogP contribution in [0.25, 0.3) is 0 Å². The lowest BCUT2D eigenvalue weighted by molar-refractivity contribution is 0.102. The number of hydrogen-bond donors (Lipinski definition) is 1. The number of aryl methyl sites for hydroxylation is 1. The minimum atomic E-state index is -4.05. The van der Waals surface area contributed by atoms with E-state index in [2.05, 4.69) is 5.32 Å². The summed E-state index contributed by atoms with van der Waals surface area (Å²) in [5.74, 6) is -0.970. The number of nitrogens with one attached hydrogen (secondary N) is 1. The quantitative estimate of drug-likeness (QED) is 0.538. The van der Waals surface area contributed by atoms with E-state index in [1.54, 1.807) is 31.2 Å². The van der Waals surface area contributed by atoms with Gasteiger partial charge in [0, 0.05) is 23.3 Å². The van der Waals surface area contributed by atoms with Crippen LogP contribution < -0.4 is 9.62 Å². The second kappa shape index (κ2) is 8.63. The van der Waals surface area contributed by atoms with Crippen molar-refractivity contribution in [2.24, 2.45) is 0 Å². The topological polar surface area (TPSA) is 66.5 Å². The first-order valence-electron chi connectivity index (χ1n) is 8.71. The highest BCUT2D eigenvalue weighted by molar-refractivity contribution is 7.93. The number of sulfonamides is 1. The van der Waals surface area contributed by atoms with E-state index >= 15 is 0 Å². The normalized spacial score (nSPS) is 11.2. The van der Waals surface area contributed by atoms with Crippen molar-refractivity contribution in [1.82, 2.24) is 0 Å². The predicted octanol–water partition coefficient (Wildman–Crippen LogP) is 5.52. The van der Waals surface area contributed by atoms with Gasteiger partial charge in [0.2, 0.25) is 0 Å². The van der Waals surface area contributed by atoms with Crippen molar-refractivity contribution in [3.63, 3.8) is 0 Å². The molecule has 9 heteroatoms. The summed E-state index contributed by atoms with van der Waals surface area (Å²) in [5.41, 5.74) is 1.42. The number of halogens is 3. The first-order chi connectivity index (χ1) is 14.1. The minimum absolute atomic E-state index is 0.0228. The van der Waals surface area contributed by atoms with Gasteiger partial charge < -0.3 is 5.32 Å². The van der Waals surface area contributed by atoms with E-state index in [1.807, 2.05) is 0 Å². The second-order valence-corrected chi connectivity index (χ2v) is 9.29. The third-order valence-corrected chi connectivity index (χ3v) is 6.98. The van der Waals surface area contributed by atoms with Crippen LogP contribution in [0, 0.1) is 12.7 Å². The van der Waals surface area contributed by atoms with Gasteiger partial charge in [0.25, 0.3) is 15.9 Å². The van der Waals surface area contributed by atoms with Crippen LogP contribution in [0.5, 0.6) is 0 Å². The van der Waals surface area contributed by atoms with Gasteiger partial charge in [0.05, 0.1) is 10.7 Å². The van der Waals surface area contributed by atoms with E-state index in [9.17, 15) is 17.6 Å². The molecule has 0 aliphatic rings. The third kappa shape index (κ3) is 4.59. The molecule has 5 nitrogen and oxygen atoms in total. The highest BCUT2D eigenvalue weighted by Gasteiger charge is 2.25. The van der Waals surface area contributed by atoms with Crippen molar-refractivity contribution in [3.8, 4) is 0 Å². The van der Waals surface area contributed by atoms with E-state index in [-0.39, 0.29) is 15.5 Å². The second-order valence-electron chi connectivity index (χ2n) is 6.51. The lowest BCUT2D eigenvalue weighted by atomic mass is 10.1. The SMILES string of the molecule is Cc1cc(F)ccc1NC(=O)c1ccc(Cl)c(S(=O)(=O)N(C)c2ccc(Cl)cc2)c1. The summed E-state index contributed by atoms with van der Waals surface area (Å²) in [4.78, 5) is 12.4. The first-order valence-corrected chi connectivity index (χ1v) is 10.9. The van der Waals surface area contributed by atoms with Crippen LogP contribution in [0.1, 0.15) is 15.9 Å². The van der Waals surface area contributed by atoms with Crippen molar-refractivity contribution >= 4 is 50.5 Å². The molecule has 0 aliphatic heterocycles. The molecule has 0 saturated carbocycles. The molecule has 0 spiro atoms. The summed E-state index contributed by atoms with van der Waals surface area (Å²) < 4.78 is 40.5. The number of amides is 1. The number of carbonyl (C=O) groups excluding carboxylic acids is 1. The Kier molecular flexibility index (Phi) is 6.36. The van der Waals surface area contributed by atoms with Gasteiger partial charge in [-0.3, -0.25) is 9.10 Å². The number of anilines is 2. The fourth-order valence-electron chi connectivity index (χ4n) is 2.74. The molecule has 0 aromatic heterocycles. The number of rotatable bonds is 5.